The van der Waals surface area contributed by atoms with E-state index in [1.165, 1.54) is 22.7 Å². The zero-order chi connectivity index (χ0) is 17.3. The highest BCUT2D eigenvalue weighted by Crippen LogP contribution is 2.40. The molecule has 4 N–H and O–H groups in total. The van der Waals surface area contributed by atoms with Crippen LogP contribution in [-0.4, -0.2) is 17.1 Å². The summed E-state index contributed by atoms with van der Waals surface area (Å²) < 4.78 is 1.08. The number of aromatic nitrogens is 1. The maximum atomic E-state index is 7.60. The molecule has 0 spiro atoms. The lowest BCUT2D eigenvalue weighted by Gasteiger charge is -2.06. The molecule has 0 atom stereocenters. The van der Waals surface area contributed by atoms with Crippen LogP contribution in [0.1, 0.15) is 4.88 Å². The molecule has 0 amide bonds. The van der Waals surface area contributed by atoms with Crippen molar-refractivity contribution in [3.05, 3.63) is 44.6 Å². The number of thiazole rings is 1. The normalized spacial score (nSPS) is 10.8. The minimum Gasteiger partial charge on any atom is -0.383 e. The number of halogens is 2. The fourth-order valence-electron chi connectivity index (χ4n) is 2.02. The Morgan fingerprint density at radius 3 is 2.67 bits per heavy atom. The molecule has 2 aromatic heterocycles. The van der Waals surface area contributed by atoms with Crippen molar-refractivity contribution in [3.63, 3.8) is 0 Å². The van der Waals surface area contributed by atoms with Gasteiger partial charge < -0.3 is 11.1 Å². The van der Waals surface area contributed by atoms with Gasteiger partial charge in [0.05, 0.1) is 30.5 Å². The minimum absolute atomic E-state index is 0.0676. The summed E-state index contributed by atoms with van der Waals surface area (Å²) in [6, 6.07) is 7.24. The molecule has 3 aromatic rings. The molecule has 9 heteroatoms. The van der Waals surface area contributed by atoms with Gasteiger partial charge in [-0.05, 0) is 24.5 Å². The third kappa shape index (κ3) is 3.55. The zero-order valence-corrected chi connectivity index (χ0v) is 16.4. The smallest absolute Gasteiger partial charge is 0.187 e. The molecule has 2 heterocycles. The quantitative estimate of drug-likeness (QED) is 0.274. The van der Waals surface area contributed by atoms with Crippen molar-refractivity contribution in [1.82, 2.24) is 4.98 Å². The first-order chi connectivity index (χ1) is 11.5. The second-order valence-electron chi connectivity index (χ2n) is 4.69. The van der Waals surface area contributed by atoms with Crippen molar-refractivity contribution in [2.24, 2.45) is 5.73 Å². The predicted octanol–water partition coefficient (Wildman–Crippen LogP) is 5.93. The maximum Gasteiger partial charge on any atom is 0.187 e. The van der Waals surface area contributed by atoms with Crippen LogP contribution in [-0.2, 0) is 0 Å². The number of thiophene rings is 1. The molecule has 0 unspecified atom stereocenters. The first-order valence-corrected chi connectivity index (χ1v) is 10.4. The standard InChI is InChI=1S/C15H12Cl2N4S3/c1-22-14-7(5-11(24-14)13(18)19)10-6-23-15(20-10)21-12-8(16)3-2-4-9(12)17/h2-6H,1H3,(H3,18,19)(H,20,21). The summed E-state index contributed by atoms with van der Waals surface area (Å²) in [5.41, 5.74) is 8.05. The second-order valence-corrected chi connectivity index (χ2v) is 8.49. The summed E-state index contributed by atoms with van der Waals surface area (Å²) in [6.45, 7) is 0. The van der Waals surface area contributed by atoms with Crippen molar-refractivity contribution in [2.75, 3.05) is 11.6 Å². The van der Waals surface area contributed by atoms with E-state index < -0.39 is 0 Å². The van der Waals surface area contributed by atoms with E-state index in [2.05, 4.69) is 10.3 Å². The average Bonchev–Trinajstić information content (AvgIpc) is 3.17. The van der Waals surface area contributed by atoms with Crippen molar-refractivity contribution in [2.45, 2.75) is 4.21 Å². The topological polar surface area (TPSA) is 74.8 Å². The molecule has 0 saturated carbocycles. The zero-order valence-electron chi connectivity index (χ0n) is 12.4. The fraction of sp³-hybridized carbons (Fsp3) is 0.0667. The number of benzene rings is 1. The van der Waals surface area contributed by atoms with Gasteiger partial charge in [0.15, 0.2) is 5.13 Å². The van der Waals surface area contributed by atoms with Gasteiger partial charge in [-0.3, -0.25) is 5.41 Å². The number of hydrogen-bond donors (Lipinski definition) is 3. The number of para-hydroxylation sites is 1. The molecule has 24 heavy (non-hydrogen) atoms. The number of rotatable bonds is 5. The maximum absolute atomic E-state index is 7.60. The first-order valence-electron chi connectivity index (χ1n) is 6.68. The fourth-order valence-corrected chi connectivity index (χ4v) is 4.97. The van der Waals surface area contributed by atoms with Crippen molar-refractivity contribution in [1.29, 1.82) is 5.41 Å². The van der Waals surface area contributed by atoms with E-state index in [4.69, 9.17) is 34.3 Å². The van der Waals surface area contributed by atoms with E-state index in [0.717, 1.165) is 20.3 Å². The molecule has 4 nitrogen and oxygen atoms in total. The molecule has 1 aromatic carbocycles. The monoisotopic (exact) mass is 414 g/mol. The van der Waals surface area contributed by atoms with E-state index in [-0.39, 0.29) is 5.84 Å². The van der Waals surface area contributed by atoms with Crippen LogP contribution in [0.15, 0.2) is 33.9 Å². The number of nitrogens with two attached hydrogens (primary N) is 1. The lowest BCUT2D eigenvalue weighted by atomic mass is 10.2. The Balaban J connectivity index is 1.93. The van der Waals surface area contributed by atoms with Gasteiger partial charge in [0, 0.05) is 10.9 Å². The van der Waals surface area contributed by atoms with Gasteiger partial charge in [0.2, 0.25) is 0 Å². The molecule has 0 aliphatic rings. The van der Waals surface area contributed by atoms with Gasteiger partial charge in [-0.1, -0.05) is 29.3 Å². The van der Waals surface area contributed by atoms with Crippen LogP contribution in [0.25, 0.3) is 11.3 Å². The van der Waals surface area contributed by atoms with Crippen LogP contribution in [0.4, 0.5) is 10.8 Å². The highest BCUT2D eigenvalue weighted by atomic mass is 35.5. The second kappa shape index (κ2) is 7.33. The van der Waals surface area contributed by atoms with Gasteiger partial charge in [0.25, 0.3) is 0 Å². The molecule has 0 radical (unpaired) electrons. The Kier molecular flexibility index (Phi) is 5.36. The van der Waals surface area contributed by atoms with E-state index >= 15 is 0 Å². The summed E-state index contributed by atoms with van der Waals surface area (Å²) in [7, 11) is 0. The summed E-state index contributed by atoms with van der Waals surface area (Å²) in [5, 5.41) is 14.5. The van der Waals surface area contributed by atoms with E-state index in [1.54, 1.807) is 30.0 Å². The van der Waals surface area contributed by atoms with Gasteiger partial charge in [-0.15, -0.1) is 34.4 Å². The third-order valence-electron chi connectivity index (χ3n) is 3.12. The lowest BCUT2D eigenvalue weighted by Crippen LogP contribution is -2.08. The van der Waals surface area contributed by atoms with Gasteiger partial charge in [-0.2, -0.15) is 0 Å². The number of thioether (sulfide) groups is 1. The summed E-state index contributed by atoms with van der Waals surface area (Å²) in [4.78, 5) is 5.35. The first kappa shape index (κ1) is 17.6. The number of nitrogens with zero attached hydrogens (tertiary/aromatic N) is 1. The Morgan fingerprint density at radius 1 is 1.33 bits per heavy atom. The summed E-state index contributed by atoms with van der Waals surface area (Å²) in [6.07, 6.45) is 1.99. The molecule has 124 valence electrons. The number of anilines is 2. The molecule has 0 saturated heterocycles. The van der Waals surface area contributed by atoms with Crippen LogP contribution < -0.4 is 11.1 Å². The van der Waals surface area contributed by atoms with Crippen LogP contribution in [0.5, 0.6) is 0 Å². The molecule has 0 aliphatic carbocycles. The van der Waals surface area contributed by atoms with Crippen molar-refractivity contribution >= 4 is 74.3 Å². The molecule has 0 bridgehead atoms. The summed E-state index contributed by atoms with van der Waals surface area (Å²) in [5.74, 6) is 0.0676. The van der Waals surface area contributed by atoms with Crippen LogP contribution in [0.2, 0.25) is 10.0 Å². The van der Waals surface area contributed by atoms with E-state index in [0.29, 0.717) is 20.9 Å². The van der Waals surface area contributed by atoms with Crippen LogP contribution in [0, 0.1) is 5.41 Å². The van der Waals surface area contributed by atoms with Crippen LogP contribution >= 0.6 is 57.6 Å². The average molecular weight is 415 g/mol. The molecule has 0 aliphatic heterocycles. The number of hydrogen-bond acceptors (Lipinski definition) is 6. The van der Waals surface area contributed by atoms with Gasteiger partial charge in [-0.25, -0.2) is 4.98 Å². The van der Waals surface area contributed by atoms with E-state index in [9.17, 15) is 0 Å². The predicted molar refractivity (Wildman–Crippen MR) is 108 cm³/mol. The van der Waals surface area contributed by atoms with Crippen molar-refractivity contribution in [3.8, 4) is 11.3 Å². The molecule has 3 rings (SSSR count). The third-order valence-corrected chi connectivity index (χ3v) is 6.82. The Hall–Kier alpha value is -1.25. The Bertz CT molecular complexity index is 884. The molecular weight excluding hydrogens is 403 g/mol. The van der Waals surface area contributed by atoms with E-state index in [1.807, 2.05) is 17.7 Å². The minimum atomic E-state index is 0.0676. The van der Waals surface area contributed by atoms with Crippen molar-refractivity contribution < 1.29 is 0 Å². The highest BCUT2D eigenvalue weighted by Gasteiger charge is 2.15. The van der Waals surface area contributed by atoms with Gasteiger partial charge >= 0.3 is 0 Å². The number of amidine groups is 1. The van der Waals surface area contributed by atoms with Gasteiger partial charge in [0.1, 0.15) is 5.84 Å². The largest absolute Gasteiger partial charge is 0.383 e. The van der Waals surface area contributed by atoms with Crippen LogP contribution in [0.3, 0.4) is 0 Å². The number of nitrogen functional groups attached to an aromatic ring is 1. The SMILES string of the molecule is CSc1sc(C(=N)N)cc1-c1csc(Nc2c(Cl)cccc2Cl)n1. The number of nitrogens with one attached hydrogen (secondary N) is 2. The Labute approximate surface area is 161 Å². The lowest BCUT2D eigenvalue weighted by molar-refractivity contribution is 1.37. The molecular formula is C15H12Cl2N4S3. The Morgan fingerprint density at radius 2 is 2.04 bits per heavy atom. The molecule has 0 fully saturated rings. The summed E-state index contributed by atoms with van der Waals surface area (Å²) >= 11 is 16.9. The highest BCUT2D eigenvalue weighted by molar-refractivity contribution is 8.00.